The highest BCUT2D eigenvalue weighted by Gasteiger charge is 2.26. The maximum Gasteiger partial charge on any atom is 0.267 e. The number of hydrogen-bond acceptors (Lipinski definition) is 4. The van der Waals surface area contributed by atoms with Crippen molar-refractivity contribution in [1.82, 2.24) is 10.3 Å². The minimum absolute atomic E-state index is 0.229. The highest BCUT2D eigenvalue weighted by Crippen LogP contribution is 2.29. The van der Waals surface area contributed by atoms with Gasteiger partial charge in [0.2, 0.25) is 0 Å². The number of anilines is 1. The van der Waals surface area contributed by atoms with Crippen LogP contribution in [-0.4, -0.2) is 17.4 Å². The Balaban J connectivity index is 1.88. The largest absolute Gasteiger partial charge is 0.319 e. The van der Waals surface area contributed by atoms with Crippen molar-refractivity contribution in [2.24, 2.45) is 0 Å². The molecule has 122 valence electrons. The van der Waals surface area contributed by atoms with E-state index in [4.69, 9.17) is 0 Å². The minimum Gasteiger partial charge on any atom is -0.319 e. The monoisotopic (exact) mass is 333 g/mol. The predicted molar refractivity (Wildman–Crippen MR) is 90.6 cm³/mol. The average Bonchev–Trinajstić information content (AvgIpc) is 3.00. The number of nitrogens with zero attached hydrogens (tertiary/aromatic N) is 1. The molecule has 1 aromatic carbocycles. The molecule has 2 heterocycles. The van der Waals surface area contributed by atoms with E-state index in [1.54, 1.807) is 11.6 Å². The highest BCUT2D eigenvalue weighted by atomic mass is 32.1. The van der Waals surface area contributed by atoms with Gasteiger partial charge < -0.3 is 10.6 Å². The lowest BCUT2D eigenvalue weighted by molar-refractivity contribution is 0.102. The quantitative estimate of drug-likeness (QED) is 0.885. The lowest BCUT2D eigenvalue weighted by atomic mass is 9.91. The third-order valence-electron chi connectivity index (χ3n) is 3.94. The first-order chi connectivity index (χ1) is 10.9. The number of aromatic nitrogens is 1. The number of fused-ring (bicyclic) bond motifs is 1. The Morgan fingerprint density at radius 2 is 2.17 bits per heavy atom. The van der Waals surface area contributed by atoms with Crippen molar-refractivity contribution in [1.29, 1.82) is 0 Å². The fraction of sp³-hybridized carbons (Fsp3) is 0.412. The van der Waals surface area contributed by atoms with E-state index in [-0.39, 0.29) is 22.8 Å². The summed E-state index contributed by atoms with van der Waals surface area (Å²) in [5, 5.41) is 5.93. The Hall–Kier alpha value is -1.79. The van der Waals surface area contributed by atoms with Crippen LogP contribution in [0.1, 0.15) is 47.3 Å². The molecule has 0 spiro atoms. The zero-order valence-corrected chi connectivity index (χ0v) is 14.3. The molecule has 1 aliphatic rings. The van der Waals surface area contributed by atoms with Crippen molar-refractivity contribution in [3.05, 3.63) is 45.2 Å². The van der Waals surface area contributed by atoms with Crippen molar-refractivity contribution in [3.8, 4) is 0 Å². The molecule has 2 aromatic rings. The van der Waals surface area contributed by atoms with Crippen molar-refractivity contribution in [2.75, 3.05) is 11.9 Å². The molecule has 2 N–H and O–H groups in total. The highest BCUT2D eigenvalue weighted by molar-refractivity contribution is 7.12. The van der Waals surface area contributed by atoms with Crippen molar-refractivity contribution in [2.45, 2.75) is 39.2 Å². The molecule has 0 fully saturated rings. The molecule has 1 amide bonds. The average molecular weight is 333 g/mol. The van der Waals surface area contributed by atoms with E-state index in [1.165, 1.54) is 11.3 Å². The normalized spacial score (nSPS) is 14.4. The van der Waals surface area contributed by atoms with Crippen molar-refractivity contribution >= 4 is 22.9 Å². The minimum atomic E-state index is -0.320. The standard InChI is InChI=1S/C17H20FN3OS/c1-17(2,3)15-14(23-9-20-15)16(22)21-12-5-4-10-8-19-7-6-11(10)13(12)18/h4-5,9,19H,6-8H2,1-3H3,(H,21,22). The summed E-state index contributed by atoms with van der Waals surface area (Å²) in [5.41, 5.74) is 4.06. The topological polar surface area (TPSA) is 54.0 Å². The number of nitrogens with one attached hydrogen (secondary N) is 2. The molecule has 0 radical (unpaired) electrons. The van der Waals surface area contributed by atoms with Gasteiger partial charge in [-0.3, -0.25) is 4.79 Å². The molecule has 1 aliphatic heterocycles. The van der Waals surface area contributed by atoms with Crippen LogP contribution < -0.4 is 10.6 Å². The lowest BCUT2D eigenvalue weighted by Gasteiger charge is -2.20. The van der Waals surface area contributed by atoms with E-state index < -0.39 is 0 Å². The van der Waals surface area contributed by atoms with Gasteiger partial charge in [-0.25, -0.2) is 9.37 Å². The Labute approximate surface area is 139 Å². The number of halogens is 1. The van der Waals surface area contributed by atoms with E-state index in [0.29, 0.717) is 23.4 Å². The van der Waals surface area contributed by atoms with Gasteiger partial charge in [0.1, 0.15) is 10.7 Å². The predicted octanol–water partition coefficient (Wildman–Crippen LogP) is 3.48. The Morgan fingerprint density at radius 1 is 1.39 bits per heavy atom. The molecule has 4 nitrogen and oxygen atoms in total. The van der Waals surface area contributed by atoms with Crippen LogP contribution in [0, 0.1) is 5.82 Å². The third-order valence-corrected chi connectivity index (χ3v) is 4.76. The maximum atomic E-state index is 14.6. The van der Waals surface area contributed by atoms with Crippen molar-refractivity contribution < 1.29 is 9.18 Å². The fourth-order valence-corrected chi connectivity index (χ4v) is 3.64. The van der Waals surface area contributed by atoms with Crippen LogP contribution in [0.3, 0.4) is 0 Å². The van der Waals surface area contributed by atoms with Gasteiger partial charge in [0.05, 0.1) is 16.9 Å². The number of carbonyl (C=O) groups is 1. The summed E-state index contributed by atoms with van der Waals surface area (Å²) in [6.07, 6.45) is 0.638. The maximum absolute atomic E-state index is 14.6. The Kier molecular flexibility index (Phi) is 4.21. The van der Waals surface area contributed by atoms with Crippen LogP contribution in [-0.2, 0) is 18.4 Å². The van der Waals surface area contributed by atoms with Crippen LogP contribution in [0.15, 0.2) is 17.6 Å². The van der Waals surface area contributed by atoms with Crippen LogP contribution >= 0.6 is 11.3 Å². The van der Waals surface area contributed by atoms with Gasteiger partial charge in [0.25, 0.3) is 5.91 Å². The molecule has 23 heavy (non-hydrogen) atoms. The van der Waals surface area contributed by atoms with Crippen LogP contribution in [0.2, 0.25) is 0 Å². The molecular formula is C17H20FN3OS. The van der Waals surface area contributed by atoms with E-state index >= 15 is 0 Å². The number of carbonyl (C=O) groups excluding carboxylic acids is 1. The summed E-state index contributed by atoms with van der Waals surface area (Å²) in [7, 11) is 0. The van der Waals surface area contributed by atoms with Gasteiger partial charge in [-0.1, -0.05) is 26.8 Å². The van der Waals surface area contributed by atoms with Gasteiger partial charge in [-0.15, -0.1) is 11.3 Å². The van der Waals surface area contributed by atoms with E-state index in [0.717, 1.165) is 17.8 Å². The van der Waals surface area contributed by atoms with Gasteiger partial charge in [-0.2, -0.15) is 0 Å². The molecule has 0 saturated carbocycles. The summed E-state index contributed by atoms with van der Waals surface area (Å²) in [6, 6.07) is 3.51. The number of amides is 1. The first-order valence-electron chi connectivity index (χ1n) is 7.64. The van der Waals surface area contributed by atoms with E-state index in [9.17, 15) is 9.18 Å². The molecule has 0 atom stereocenters. The molecule has 0 bridgehead atoms. The Bertz CT molecular complexity index is 749. The number of thiazole rings is 1. The summed E-state index contributed by atoms with van der Waals surface area (Å²) in [6.45, 7) is 7.44. The van der Waals surface area contributed by atoms with Gasteiger partial charge in [0, 0.05) is 12.0 Å². The zero-order chi connectivity index (χ0) is 16.6. The summed E-state index contributed by atoms with van der Waals surface area (Å²) >= 11 is 1.28. The van der Waals surface area contributed by atoms with Gasteiger partial charge in [-0.05, 0) is 30.2 Å². The fourth-order valence-electron chi connectivity index (χ4n) is 2.75. The van der Waals surface area contributed by atoms with Crippen LogP contribution in [0.4, 0.5) is 10.1 Å². The molecule has 0 unspecified atom stereocenters. The third kappa shape index (κ3) is 3.14. The molecule has 6 heteroatoms. The second kappa shape index (κ2) is 6.02. The van der Waals surface area contributed by atoms with E-state index in [1.807, 2.05) is 26.8 Å². The molecule has 0 saturated heterocycles. The van der Waals surface area contributed by atoms with Gasteiger partial charge >= 0.3 is 0 Å². The lowest BCUT2D eigenvalue weighted by Crippen LogP contribution is -2.25. The molecule has 3 rings (SSSR count). The number of hydrogen-bond donors (Lipinski definition) is 2. The second-order valence-electron chi connectivity index (χ2n) is 6.73. The Morgan fingerprint density at radius 3 is 2.91 bits per heavy atom. The van der Waals surface area contributed by atoms with Crippen LogP contribution in [0.25, 0.3) is 0 Å². The van der Waals surface area contributed by atoms with E-state index in [2.05, 4.69) is 15.6 Å². The van der Waals surface area contributed by atoms with Gasteiger partial charge in [0.15, 0.2) is 0 Å². The molecule has 0 aliphatic carbocycles. The first-order valence-corrected chi connectivity index (χ1v) is 8.52. The van der Waals surface area contributed by atoms with Crippen LogP contribution in [0.5, 0.6) is 0 Å². The summed E-state index contributed by atoms with van der Waals surface area (Å²) in [4.78, 5) is 17.4. The molecular weight excluding hydrogens is 313 g/mol. The molecule has 1 aromatic heterocycles. The van der Waals surface area contributed by atoms with Crippen molar-refractivity contribution in [3.63, 3.8) is 0 Å². The SMILES string of the molecule is CC(C)(C)c1ncsc1C(=O)Nc1ccc2c(c1F)CCNC2. The number of benzene rings is 1. The zero-order valence-electron chi connectivity index (χ0n) is 13.5. The first kappa shape index (κ1) is 16.1. The summed E-state index contributed by atoms with van der Waals surface area (Å²) < 4.78 is 14.6. The summed E-state index contributed by atoms with van der Waals surface area (Å²) in [5.74, 6) is -0.621. The number of rotatable bonds is 2. The second-order valence-corrected chi connectivity index (χ2v) is 7.58. The smallest absolute Gasteiger partial charge is 0.267 e.